The first-order chi connectivity index (χ1) is 16.9. The van der Waals surface area contributed by atoms with Crippen LogP contribution in [0.1, 0.15) is 18.1 Å². The normalized spacial score (nSPS) is 25.5. The fourth-order valence-electron chi connectivity index (χ4n) is 4.07. The summed E-state index contributed by atoms with van der Waals surface area (Å²) in [6.07, 6.45) is -1.83. The van der Waals surface area contributed by atoms with Crippen LogP contribution in [-0.4, -0.2) is 74.0 Å². The van der Waals surface area contributed by atoms with Crippen molar-refractivity contribution in [2.75, 3.05) is 28.3 Å². The molecule has 2 aromatic rings. The molecule has 8 nitrogen and oxygen atoms in total. The van der Waals surface area contributed by atoms with Gasteiger partial charge in [0.05, 0.1) is 27.4 Å². The van der Waals surface area contributed by atoms with Gasteiger partial charge in [0, 0.05) is 14.1 Å². The second kappa shape index (κ2) is 11.4. The van der Waals surface area contributed by atoms with E-state index >= 15 is 0 Å². The number of carbonyl (C=O) groups excluding carboxylic acids is 1. The summed E-state index contributed by atoms with van der Waals surface area (Å²) >= 11 is 1.51. The Morgan fingerprint density at radius 1 is 0.914 bits per heavy atom. The molecule has 0 N–H and O–H groups in total. The van der Waals surface area contributed by atoms with Crippen molar-refractivity contribution in [2.45, 2.75) is 49.9 Å². The lowest BCUT2D eigenvalue weighted by molar-refractivity contribution is -0.198. The molecule has 2 aromatic carbocycles. The van der Waals surface area contributed by atoms with E-state index < -0.39 is 18.3 Å². The first kappa shape index (κ1) is 25.5. The van der Waals surface area contributed by atoms with Crippen LogP contribution >= 0.6 is 11.8 Å². The molecule has 0 spiro atoms. The molecule has 4 rings (SSSR count). The summed E-state index contributed by atoms with van der Waals surface area (Å²) in [6.45, 7) is 2.18. The fraction of sp³-hybridized carbons (Fsp3) is 0.462. The molecule has 2 aliphatic heterocycles. The van der Waals surface area contributed by atoms with Gasteiger partial charge in [0.15, 0.2) is 11.0 Å². The number of hydrogen-bond acceptors (Lipinski definition) is 9. The number of nitrogens with zero attached hydrogens (tertiary/aromatic N) is 2. The summed E-state index contributed by atoms with van der Waals surface area (Å²) in [6, 6.07) is 15.1. The molecule has 1 unspecified atom stereocenters. The molecule has 2 aliphatic rings. The number of aliphatic imine (C=N–C) groups is 1. The zero-order valence-electron chi connectivity index (χ0n) is 20.7. The van der Waals surface area contributed by atoms with Gasteiger partial charge in [-0.25, -0.2) is 0 Å². The van der Waals surface area contributed by atoms with Crippen LogP contribution in [0.15, 0.2) is 53.5 Å². The lowest BCUT2D eigenvalue weighted by atomic mass is 9.95. The molecule has 5 atom stereocenters. The maximum Gasteiger partial charge on any atom is 0.161 e. The molecule has 9 heteroatoms. The number of thioether (sulfide) groups is 1. The van der Waals surface area contributed by atoms with Gasteiger partial charge in [-0.15, -0.1) is 0 Å². The highest BCUT2D eigenvalue weighted by Gasteiger charge is 2.52. The maximum atomic E-state index is 12.7. The molecule has 0 amide bonds. The van der Waals surface area contributed by atoms with Crippen molar-refractivity contribution < 1.29 is 28.5 Å². The zero-order chi connectivity index (χ0) is 24.9. The topological polar surface area (TPSA) is 78.8 Å². The minimum absolute atomic E-state index is 0.0971. The standard InChI is InChI=1S/C26H32N2O6S/c1-16(29)22-24(33-15-18-8-12-20(31-5)13-9-18)23(21-25(34-22)35-26(27-21)28(2)3)32-14-17-6-10-19(30-4)11-7-17/h6-13,21-25H,14-15H2,1-5H3/t21-,22-,23?,24-,25-/m1/s1. The van der Waals surface area contributed by atoms with Crippen LogP contribution in [0.2, 0.25) is 0 Å². The highest BCUT2D eigenvalue weighted by molar-refractivity contribution is 8.14. The van der Waals surface area contributed by atoms with Gasteiger partial charge in [0.25, 0.3) is 0 Å². The van der Waals surface area contributed by atoms with E-state index in [-0.39, 0.29) is 17.3 Å². The predicted octanol–water partition coefficient (Wildman–Crippen LogP) is 3.52. The van der Waals surface area contributed by atoms with Gasteiger partial charge >= 0.3 is 0 Å². The van der Waals surface area contributed by atoms with Crippen LogP contribution in [0, 0.1) is 0 Å². The van der Waals surface area contributed by atoms with Gasteiger partial charge < -0.3 is 28.6 Å². The minimum Gasteiger partial charge on any atom is -0.497 e. The summed E-state index contributed by atoms with van der Waals surface area (Å²) in [7, 11) is 7.15. The molecule has 1 saturated heterocycles. The van der Waals surface area contributed by atoms with E-state index in [2.05, 4.69) is 0 Å². The van der Waals surface area contributed by atoms with E-state index in [1.807, 2.05) is 67.5 Å². The number of carbonyl (C=O) groups is 1. The molecular formula is C26H32N2O6S. The molecule has 1 fully saturated rings. The Morgan fingerprint density at radius 2 is 1.43 bits per heavy atom. The van der Waals surface area contributed by atoms with E-state index in [4.69, 9.17) is 28.7 Å². The van der Waals surface area contributed by atoms with Gasteiger partial charge in [-0.05, 0) is 42.3 Å². The third kappa shape index (κ3) is 5.98. The van der Waals surface area contributed by atoms with Gasteiger partial charge in [0.1, 0.15) is 41.3 Å². The van der Waals surface area contributed by atoms with Crippen molar-refractivity contribution in [3.63, 3.8) is 0 Å². The molecule has 2 heterocycles. The van der Waals surface area contributed by atoms with Crippen LogP contribution in [0.5, 0.6) is 11.5 Å². The Labute approximate surface area is 210 Å². The van der Waals surface area contributed by atoms with Gasteiger partial charge in [-0.3, -0.25) is 9.79 Å². The lowest BCUT2D eigenvalue weighted by Crippen LogP contribution is -2.58. The van der Waals surface area contributed by atoms with Crippen molar-refractivity contribution in [3.05, 3.63) is 59.7 Å². The van der Waals surface area contributed by atoms with Crippen LogP contribution in [-0.2, 0) is 32.2 Å². The Bertz CT molecular complexity index is 1030. The van der Waals surface area contributed by atoms with Crippen molar-refractivity contribution >= 4 is 22.7 Å². The SMILES string of the molecule is COc1ccc(COC2[C@H]3N=C(N(C)C)S[C@H]3O[C@H](C(C)=O)[C@H]2OCc2ccc(OC)cc2)cc1. The lowest BCUT2D eigenvalue weighted by Gasteiger charge is -2.41. The summed E-state index contributed by atoms with van der Waals surface area (Å²) in [5, 5.41) is 0.844. The third-order valence-electron chi connectivity index (χ3n) is 5.99. The number of ether oxygens (including phenoxy) is 5. The zero-order valence-corrected chi connectivity index (χ0v) is 21.5. The van der Waals surface area contributed by atoms with Gasteiger partial charge in [-0.1, -0.05) is 36.0 Å². The van der Waals surface area contributed by atoms with Crippen molar-refractivity contribution in [3.8, 4) is 11.5 Å². The number of fused-ring (bicyclic) bond motifs is 1. The van der Waals surface area contributed by atoms with Crippen LogP contribution < -0.4 is 9.47 Å². The second-order valence-corrected chi connectivity index (χ2v) is 9.76. The Kier molecular flexibility index (Phi) is 8.33. The van der Waals surface area contributed by atoms with Gasteiger partial charge in [-0.2, -0.15) is 0 Å². The number of amidine groups is 1. The maximum absolute atomic E-state index is 12.7. The Balaban J connectivity index is 1.57. The average molecular weight is 501 g/mol. The number of Topliss-reactive ketones (excluding diaryl/α,β-unsaturated/α-hetero) is 1. The predicted molar refractivity (Wildman–Crippen MR) is 135 cm³/mol. The highest BCUT2D eigenvalue weighted by atomic mass is 32.2. The van der Waals surface area contributed by atoms with Crippen LogP contribution in [0.4, 0.5) is 0 Å². The Hall–Kier alpha value is -2.59. The largest absolute Gasteiger partial charge is 0.497 e. The summed E-state index contributed by atoms with van der Waals surface area (Å²) < 4.78 is 29.5. The first-order valence-electron chi connectivity index (χ1n) is 11.5. The molecule has 0 radical (unpaired) electrons. The number of hydrogen-bond donors (Lipinski definition) is 0. The number of benzene rings is 2. The van der Waals surface area contributed by atoms with E-state index in [9.17, 15) is 4.79 Å². The fourth-order valence-corrected chi connectivity index (χ4v) is 5.20. The summed E-state index contributed by atoms with van der Waals surface area (Å²) in [4.78, 5) is 19.5. The van der Waals surface area contributed by atoms with E-state index in [1.165, 1.54) is 18.7 Å². The molecule has 188 valence electrons. The summed E-state index contributed by atoms with van der Waals surface area (Å²) in [5.74, 6) is 1.46. The van der Waals surface area contributed by atoms with E-state index in [0.29, 0.717) is 13.2 Å². The Morgan fingerprint density at radius 3 is 1.89 bits per heavy atom. The molecule has 0 aromatic heterocycles. The second-order valence-electron chi connectivity index (χ2n) is 8.70. The van der Waals surface area contributed by atoms with Crippen LogP contribution in [0.3, 0.4) is 0 Å². The minimum atomic E-state index is -0.750. The quantitative estimate of drug-likeness (QED) is 0.518. The first-order valence-corrected chi connectivity index (χ1v) is 12.3. The average Bonchev–Trinajstić information content (AvgIpc) is 3.31. The molecule has 35 heavy (non-hydrogen) atoms. The molecule has 0 aliphatic carbocycles. The smallest absolute Gasteiger partial charge is 0.161 e. The molecular weight excluding hydrogens is 468 g/mol. The highest BCUT2D eigenvalue weighted by Crippen LogP contribution is 2.40. The van der Waals surface area contributed by atoms with Crippen LogP contribution in [0.25, 0.3) is 0 Å². The number of ketones is 1. The summed E-state index contributed by atoms with van der Waals surface area (Å²) in [5.41, 5.74) is 1.63. The van der Waals surface area contributed by atoms with Gasteiger partial charge in [0.2, 0.25) is 0 Å². The third-order valence-corrected chi connectivity index (χ3v) is 7.29. The van der Waals surface area contributed by atoms with Crippen molar-refractivity contribution in [1.82, 2.24) is 4.90 Å². The van der Waals surface area contributed by atoms with Crippen molar-refractivity contribution in [1.29, 1.82) is 0 Å². The van der Waals surface area contributed by atoms with E-state index in [0.717, 1.165) is 27.8 Å². The van der Waals surface area contributed by atoms with Crippen molar-refractivity contribution in [2.24, 2.45) is 4.99 Å². The molecule has 0 bridgehead atoms. The monoisotopic (exact) mass is 500 g/mol. The number of rotatable bonds is 9. The van der Waals surface area contributed by atoms with E-state index in [1.54, 1.807) is 14.2 Å². The molecule has 0 saturated carbocycles. The number of methoxy groups -OCH3 is 2.